The number of hydrogen-bond donors (Lipinski definition) is 1. The van der Waals surface area contributed by atoms with Crippen LogP contribution in [0.2, 0.25) is 0 Å². The lowest BCUT2D eigenvalue weighted by Crippen LogP contribution is -2.24. The van der Waals surface area contributed by atoms with E-state index in [4.69, 9.17) is 10.5 Å². The molecule has 7 aromatic rings. The fraction of sp³-hybridized carbons (Fsp3) is 0.0667. The minimum Gasteiger partial charge on any atom is -0.473 e. The molecule has 0 bridgehead atoms. The third kappa shape index (κ3) is 6.72. The summed E-state index contributed by atoms with van der Waals surface area (Å²) >= 11 is 0. The molecule has 0 aliphatic heterocycles. The smallest absolute Gasteiger partial charge is 0.165 e. The van der Waals surface area contributed by atoms with Gasteiger partial charge in [-0.05, 0) is 87.8 Å². The highest BCUT2D eigenvalue weighted by Gasteiger charge is 2.22. The zero-order valence-electron chi connectivity index (χ0n) is 27.0. The van der Waals surface area contributed by atoms with Crippen LogP contribution in [0.15, 0.2) is 182 Å². The Balaban J connectivity index is 1.27. The van der Waals surface area contributed by atoms with Gasteiger partial charge in [0.15, 0.2) is 6.73 Å². The molecule has 0 amide bonds. The summed E-state index contributed by atoms with van der Waals surface area (Å²) in [6.45, 7) is 2.49. The maximum atomic E-state index is 7.02. The number of anilines is 3. The number of aryl methyl sites for hydroxylation is 1. The van der Waals surface area contributed by atoms with E-state index < -0.39 is 0 Å². The number of nitrogen functional groups attached to an aromatic ring is 1. The topological polar surface area (TPSA) is 38.5 Å². The number of para-hydroxylation sites is 1. The van der Waals surface area contributed by atoms with Gasteiger partial charge >= 0.3 is 0 Å². The lowest BCUT2D eigenvalue weighted by Gasteiger charge is -2.29. The van der Waals surface area contributed by atoms with Gasteiger partial charge in [0.25, 0.3) is 0 Å². The van der Waals surface area contributed by atoms with Crippen molar-refractivity contribution in [1.29, 1.82) is 0 Å². The van der Waals surface area contributed by atoms with Crippen LogP contribution in [0.4, 0.5) is 17.1 Å². The Labute approximate surface area is 283 Å². The summed E-state index contributed by atoms with van der Waals surface area (Å²) in [7, 11) is 0. The van der Waals surface area contributed by atoms with Gasteiger partial charge in [0.1, 0.15) is 5.75 Å². The standard InChI is InChI=1S/C45H38N2O/c1-33-30-44(47(32-48-41-20-12-5-13-21-41)40-28-26-37(27-29-40)35-16-8-3-9-17-35)43(46)31-42(33)45(38-18-10-4-11-19-38)39-24-22-36(23-25-39)34-14-6-2-7-15-34/h2-31,45H,32,46H2,1H3. The van der Waals surface area contributed by atoms with Crippen LogP contribution in [0.1, 0.15) is 28.2 Å². The fourth-order valence-electron chi connectivity index (χ4n) is 6.37. The molecule has 0 aliphatic carbocycles. The van der Waals surface area contributed by atoms with Crippen molar-refractivity contribution < 1.29 is 4.74 Å². The van der Waals surface area contributed by atoms with Gasteiger partial charge in [-0.2, -0.15) is 0 Å². The predicted molar refractivity (Wildman–Crippen MR) is 201 cm³/mol. The summed E-state index contributed by atoms with van der Waals surface area (Å²) in [6.07, 6.45) is 0. The molecule has 2 N–H and O–H groups in total. The summed E-state index contributed by atoms with van der Waals surface area (Å²) in [5, 5.41) is 0. The number of rotatable bonds is 10. The highest BCUT2D eigenvalue weighted by molar-refractivity contribution is 5.78. The Morgan fingerprint density at radius 3 is 1.54 bits per heavy atom. The predicted octanol–water partition coefficient (Wildman–Crippen LogP) is 11.3. The van der Waals surface area contributed by atoms with Crippen molar-refractivity contribution in [2.24, 2.45) is 0 Å². The quantitative estimate of drug-likeness (QED) is 0.0937. The van der Waals surface area contributed by atoms with Crippen molar-refractivity contribution in [2.45, 2.75) is 12.8 Å². The van der Waals surface area contributed by atoms with Crippen molar-refractivity contribution in [1.82, 2.24) is 0 Å². The Kier molecular flexibility index (Phi) is 9.02. The average molecular weight is 623 g/mol. The minimum absolute atomic E-state index is 0.0200. The number of nitrogens with two attached hydrogens (primary N) is 1. The zero-order valence-corrected chi connectivity index (χ0v) is 27.0. The molecule has 0 aliphatic rings. The summed E-state index contributed by atoms with van der Waals surface area (Å²) in [4.78, 5) is 2.15. The molecule has 0 heterocycles. The van der Waals surface area contributed by atoms with E-state index >= 15 is 0 Å². The minimum atomic E-state index is 0.0200. The SMILES string of the molecule is Cc1cc(N(COc2ccccc2)c2ccc(-c3ccccc3)cc2)c(N)cc1C(c1ccccc1)c1ccc(-c2ccccc2)cc1. The molecule has 3 nitrogen and oxygen atoms in total. The highest BCUT2D eigenvalue weighted by Crippen LogP contribution is 2.40. The normalized spacial score (nSPS) is 11.5. The van der Waals surface area contributed by atoms with Crippen molar-refractivity contribution in [3.63, 3.8) is 0 Å². The molecule has 0 saturated heterocycles. The van der Waals surface area contributed by atoms with Crippen LogP contribution in [0.5, 0.6) is 5.75 Å². The van der Waals surface area contributed by atoms with Gasteiger partial charge in [-0.3, -0.25) is 0 Å². The van der Waals surface area contributed by atoms with E-state index in [1.54, 1.807) is 0 Å². The largest absolute Gasteiger partial charge is 0.473 e. The molecule has 0 saturated carbocycles. The van der Waals surface area contributed by atoms with Crippen LogP contribution in [-0.4, -0.2) is 6.73 Å². The number of nitrogens with zero attached hydrogens (tertiary/aromatic N) is 1. The van der Waals surface area contributed by atoms with E-state index in [-0.39, 0.29) is 5.92 Å². The second kappa shape index (κ2) is 14.1. The Hall–Kier alpha value is -6.06. The highest BCUT2D eigenvalue weighted by atomic mass is 16.5. The Morgan fingerprint density at radius 1 is 0.521 bits per heavy atom. The Bertz CT molecular complexity index is 2060. The maximum Gasteiger partial charge on any atom is 0.165 e. The molecule has 234 valence electrons. The van der Waals surface area contributed by atoms with E-state index in [1.165, 1.54) is 33.4 Å². The fourth-order valence-corrected chi connectivity index (χ4v) is 6.37. The van der Waals surface area contributed by atoms with Crippen molar-refractivity contribution >= 4 is 17.1 Å². The van der Waals surface area contributed by atoms with Crippen molar-refractivity contribution in [3.05, 3.63) is 204 Å². The van der Waals surface area contributed by atoms with Gasteiger partial charge in [-0.25, -0.2) is 0 Å². The van der Waals surface area contributed by atoms with Gasteiger partial charge in [-0.15, -0.1) is 0 Å². The van der Waals surface area contributed by atoms with Gasteiger partial charge in [0, 0.05) is 11.6 Å². The molecular weight excluding hydrogens is 585 g/mol. The van der Waals surface area contributed by atoms with E-state index in [1.807, 2.05) is 36.4 Å². The van der Waals surface area contributed by atoms with Gasteiger partial charge in [-0.1, -0.05) is 146 Å². The summed E-state index contributed by atoms with van der Waals surface area (Å²) < 4.78 is 6.32. The molecule has 48 heavy (non-hydrogen) atoms. The first-order valence-electron chi connectivity index (χ1n) is 16.4. The first kappa shape index (κ1) is 30.6. The Morgan fingerprint density at radius 2 is 0.979 bits per heavy atom. The van der Waals surface area contributed by atoms with Crippen LogP contribution in [-0.2, 0) is 0 Å². The maximum absolute atomic E-state index is 7.02. The molecule has 1 unspecified atom stereocenters. The third-order valence-electron chi connectivity index (χ3n) is 8.89. The first-order valence-corrected chi connectivity index (χ1v) is 16.4. The molecule has 0 radical (unpaired) electrons. The van der Waals surface area contributed by atoms with Crippen LogP contribution in [0.25, 0.3) is 22.3 Å². The molecule has 7 aromatic carbocycles. The van der Waals surface area contributed by atoms with E-state index in [0.717, 1.165) is 28.3 Å². The molecule has 3 heteroatoms. The number of hydrogen-bond acceptors (Lipinski definition) is 3. The first-order chi connectivity index (χ1) is 23.6. The van der Waals surface area contributed by atoms with E-state index in [0.29, 0.717) is 12.4 Å². The summed E-state index contributed by atoms with van der Waals surface area (Å²) in [5.74, 6) is 0.824. The lowest BCUT2D eigenvalue weighted by molar-refractivity contribution is 0.327. The molecular formula is C45H38N2O. The van der Waals surface area contributed by atoms with Crippen LogP contribution in [0.3, 0.4) is 0 Å². The van der Waals surface area contributed by atoms with E-state index in [9.17, 15) is 0 Å². The molecule has 7 rings (SSSR count). The van der Waals surface area contributed by atoms with Crippen LogP contribution < -0.4 is 15.4 Å². The van der Waals surface area contributed by atoms with E-state index in [2.05, 4.69) is 157 Å². The van der Waals surface area contributed by atoms with Gasteiger partial charge in [0.05, 0.1) is 11.4 Å². The summed E-state index contributed by atoms with van der Waals surface area (Å²) in [5.41, 5.74) is 19.1. The van der Waals surface area contributed by atoms with Crippen molar-refractivity contribution in [2.75, 3.05) is 17.4 Å². The molecule has 0 aromatic heterocycles. The zero-order chi connectivity index (χ0) is 32.7. The van der Waals surface area contributed by atoms with Gasteiger partial charge in [0.2, 0.25) is 0 Å². The molecule has 0 spiro atoms. The third-order valence-corrected chi connectivity index (χ3v) is 8.89. The second-order valence-electron chi connectivity index (χ2n) is 12.0. The molecule has 0 fully saturated rings. The number of ether oxygens (including phenoxy) is 1. The molecule has 1 atom stereocenters. The second-order valence-corrected chi connectivity index (χ2v) is 12.0. The van der Waals surface area contributed by atoms with Crippen LogP contribution in [0, 0.1) is 6.92 Å². The average Bonchev–Trinajstić information content (AvgIpc) is 3.16. The number of benzene rings is 7. The summed E-state index contributed by atoms with van der Waals surface area (Å²) in [6, 6.07) is 63.4. The van der Waals surface area contributed by atoms with Gasteiger partial charge < -0.3 is 15.4 Å². The monoisotopic (exact) mass is 622 g/mol. The van der Waals surface area contributed by atoms with Crippen LogP contribution >= 0.6 is 0 Å². The lowest BCUT2D eigenvalue weighted by atomic mass is 9.82. The van der Waals surface area contributed by atoms with Crippen molar-refractivity contribution in [3.8, 4) is 28.0 Å².